The van der Waals surface area contributed by atoms with Crippen LogP contribution in [0.5, 0.6) is 0 Å². The second-order valence-corrected chi connectivity index (χ2v) is 7.65. The van der Waals surface area contributed by atoms with E-state index >= 15 is 0 Å². The van der Waals surface area contributed by atoms with Gasteiger partial charge in [-0.2, -0.15) is 4.98 Å². The van der Waals surface area contributed by atoms with Crippen LogP contribution in [0, 0.1) is 0 Å². The van der Waals surface area contributed by atoms with Gasteiger partial charge in [-0.1, -0.05) is 5.16 Å². The minimum Gasteiger partial charge on any atom is -0.339 e. The number of likely N-dealkylation sites (tertiary alicyclic amines) is 1. The Kier molecular flexibility index (Phi) is 6.58. The molecule has 2 aromatic rings. The molecule has 2 aliphatic heterocycles. The molecule has 11 heteroatoms. The van der Waals surface area contributed by atoms with E-state index in [2.05, 4.69) is 30.3 Å². The van der Waals surface area contributed by atoms with Crippen molar-refractivity contribution >= 4 is 17.9 Å². The summed E-state index contributed by atoms with van der Waals surface area (Å²) in [6.07, 6.45) is 5.86. The first-order chi connectivity index (χ1) is 15.2. The first-order valence-electron chi connectivity index (χ1n) is 10.8. The second kappa shape index (κ2) is 9.71. The van der Waals surface area contributed by atoms with Crippen LogP contribution in [-0.2, 0) is 11.2 Å². The van der Waals surface area contributed by atoms with Gasteiger partial charge in [0.15, 0.2) is 5.82 Å². The molecule has 4 heterocycles. The summed E-state index contributed by atoms with van der Waals surface area (Å²) in [6.45, 7) is 5.83. The SMILES string of the molecule is CCNC(=O)N1CCCC1c1noc(CCC(=O)N2CCN(c3ncccn3)CC2)n1. The van der Waals surface area contributed by atoms with Crippen molar-refractivity contribution < 1.29 is 14.1 Å². The fraction of sp³-hybridized carbons (Fsp3) is 0.600. The lowest BCUT2D eigenvalue weighted by Gasteiger charge is -2.34. The smallest absolute Gasteiger partial charge is 0.318 e. The molecular formula is C20H28N8O3. The Bertz CT molecular complexity index is 882. The Labute approximate surface area is 180 Å². The van der Waals surface area contributed by atoms with Crippen molar-refractivity contribution in [3.63, 3.8) is 0 Å². The molecule has 0 radical (unpaired) electrons. The summed E-state index contributed by atoms with van der Waals surface area (Å²) in [7, 11) is 0. The van der Waals surface area contributed by atoms with Crippen LogP contribution in [0.1, 0.15) is 43.9 Å². The topological polar surface area (TPSA) is 121 Å². The number of piperazine rings is 1. The first-order valence-corrected chi connectivity index (χ1v) is 10.8. The molecule has 1 unspecified atom stereocenters. The Balaban J connectivity index is 1.26. The average Bonchev–Trinajstić information content (AvgIpc) is 3.48. The van der Waals surface area contributed by atoms with Gasteiger partial charge in [0.25, 0.3) is 0 Å². The highest BCUT2D eigenvalue weighted by atomic mass is 16.5. The molecule has 11 nitrogen and oxygen atoms in total. The third kappa shape index (κ3) is 4.92. The number of amides is 3. The highest BCUT2D eigenvalue weighted by Gasteiger charge is 2.33. The number of anilines is 1. The zero-order valence-corrected chi connectivity index (χ0v) is 17.7. The maximum absolute atomic E-state index is 12.6. The second-order valence-electron chi connectivity index (χ2n) is 7.65. The Morgan fingerprint density at radius 3 is 2.68 bits per heavy atom. The maximum Gasteiger partial charge on any atom is 0.318 e. The lowest BCUT2D eigenvalue weighted by Crippen LogP contribution is -2.49. The standard InChI is InChI=1S/C20H28N8O3/c1-2-21-20(30)28-10-3-5-15(28)18-24-16(31-25-18)6-7-17(29)26-11-13-27(14-12-26)19-22-8-4-9-23-19/h4,8-9,15H,2-3,5-7,10-14H2,1H3,(H,21,30). The predicted octanol–water partition coefficient (Wildman–Crippen LogP) is 1.01. The fourth-order valence-electron chi connectivity index (χ4n) is 4.02. The lowest BCUT2D eigenvalue weighted by atomic mass is 10.2. The van der Waals surface area contributed by atoms with E-state index in [0.29, 0.717) is 69.8 Å². The predicted molar refractivity (Wildman–Crippen MR) is 111 cm³/mol. The van der Waals surface area contributed by atoms with Crippen molar-refractivity contribution in [3.8, 4) is 0 Å². The van der Waals surface area contributed by atoms with Gasteiger partial charge >= 0.3 is 6.03 Å². The van der Waals surface area contributed by atoms with Crippen LogP contribution >= 0.6 is 0 Å². The summed E-state index contributed by atoms with van der Waals surface area (Å²) in [4.78, 5) is 43.5. The molecule has 0 aromatic carbocycles. The van der Waals surface area contributed by atoms with Gasteiger partial charge in [0.05, 0.1) is 6.04 Å². The van der Waals surface area contributed by atoms with Gasteiger partial charge in [-0.3, -0.25) is 4.79 Å². The number of carbonyl (C=O) groups is 2. The Morgan fingerprint density at radius 2 is 1.94 bits per heavy atom. The Hall–Kier alpha value is -3.24. The number of hydrogen-bond donors (Lipinski definition) is 1. The minimum absolute atomic E-state index is 0.0678. The number of urea groups is 1. The van der Waals surface area contributed by atoms with Gasteiger partial charge in [0.2, 0.25) is 17.7 Å². The molecule has 0 spiro atoms. The van der Waals surface area contributed by atoms with E-state index < -0.39 is 0 Å². The highest BCUT2D eigenvalue weighted by molar-refractivity contribution is 5.76. The van der Waals surface area contributed by atoms with Gasteiger partial charge < -0.3 is 24.5 Å². The van der Waals surface area contributed by atoms with Crippen molar-refractivity contribution in [3.05, 3.63) is 30.2 Å². The summed E-state index contributed by atoms with van der Waals surface area (Å²) in [5, 5.41) is 6.90. The number of rotatable bonds is 6. The summed E-state index contributed by atoms with van der Waals surface area (Å²) in [5.41, 5.74) is 0. The van der Waals surface area contributed by atoms with E-state index in [0.717, 1.165) is 12.8 Å². The molecule has 2 saturated heterocycles. The quantitative estimate of drug-likeness (QED) is 0.724. The monoisotopic (exact) mass is 428 g/mol. The van der Waals surface area contributed by atoms with Crippen molar-refractivity contribution in [2.45, 2.75) is 38.6 Å². The van der Waals surface area contributed by atoms with E-state index in [4.69, 9.17) is 4.52 Å². The van der Waals surface area contributed by atoms with E-state index in [1.165, 1.54) is 0 Å². The average molecular weight is 428 g/mol. The highest BCUT2D eigenvalue weighted by Crippen LogP contribution is 2.30. The number of carbonyl (C=O) groups excluding carboxylic acids is 2. The van der Waals surface area contributed by atoms with E-state index in [9.17, 15) is 9.59 Å². The molecule has 4 rings (SSSR count). The van der Waals surface area contributed by atoms with Gasteiger partial charge in [0, 0.05) is 64.5 Å². The van der Waals surface area contributed by atoms with Crippen molar-refractivity contribution in [1.29, 1.82) is 0 Å². The molecule has 1 N–H and O–H groups in total. The molecule has 0 bridgehead atoms. The van der Waals surface area contributed by atoms with Crippen LogP contribution in [0.2, 0.25) is 0 Å². The molecule has 0 saturated carbocycles. The van der Waals surface area contributed by atoms with Crippen molar-refractivity contribution in [2.24, 2.45) is 0 Å². The third-order valence-electron chi connectivity index (χ3n) is 5.64. The number of hydrogen-bond acceptors (Lipinski definition) is 8. The van der Waals surface area contributed by atoms with Crippen LogP contribution in [-0.4, -0.2) is 81.1 Å². The zero-order valence-electron chi connectivity index (χ0n) is 17.7. The zero-order chi connectivity index (χ0) is 21.6. The van der Waals surface area contributed by atoms with E-state index in [1.807, 2.05) is 11.8 Å². The number of aromatic nitrogens is 4. The van der Waals surface area contributed by atoms with Crippen LogP contribution < -0.4 is 10.2 Å². The summed E-state index contributed by atoms with van der Waals surface area (Å²) in [5.74, 6) is 1.71. The molecule has 31 heavy (non-hydrogen) atoms. The van der Waals surface area contributed by atoms with Gasteiger partial charge in [-0.25, -0.2) is 14.8 Å². The molecule has 2 aromatic heterocycles. The largest absolute Gasteiger partial charge is 0.339 e. The first kappa shape index (κ1) is 21.0. The van der Waals surface area contributed by atoms with Gasteiger partial charge in [-0.15, -0.1) is 0 Å². The fourth-order valence-corrected chi connectivity index (χ4v) is 4.02. The molecular weight excluding hydrogens is 400 g/mol. The summed E-state index contributed by atoms with van der Waals surface area (Å²) in [6, 6.07) is 1.51. The number of aryl methyl sites for hydroxylation is 1. The number of nitrogens with one attached hydrogen (secondary N) is 1. The molecule has 1 atom stereocenters. The molecule has 3 amide bonds. The lowest BCUT2D eigenvalue weighted by molar-refractivity contribution is -0.131. The Morgan fingerprint density at radius 1 is 1.16 bits per heavy atom. The van der Waals surface area contributed by atoms with E-state index in [1.54, 1.807) is 23.4 Å². The molecule has 2 fully saturated rings. The maximum atomic E-state index is 12.6. The van der Waals surface area contributed by atoms with Crippen LogP contribution in [0.25, 0.3) is 0 Å². The van der Waals surface area contributed by atoms with Crippen LogP contribution in [0.15, 0.2) is 23.0 Å². The van der Waals surface area contributed by atoms with Crippen LogP contribution in [0.3, 0.4) is 0 Å². The van der Waals surface area contributed by atoms with Gasteiger partial charge in [-0.05, 0) is 25.8 Å². The summed E-state index contributed by atoms with van der Waals surface area (Å²) < 4.78 is 5.36. The third-order valence-corrected chi connectivity index (χ3v) is 5.64. The van der Waals surface area contributed by atoms with E-state index in [-0.39, 0.29) is 18.0 Å². The molecule has 0 aliphatic carbocycles. The van der Waals surface area contributed by atoms with Crippen LogP contribution in [0.4, 0.5) is 10.7 Å². The molecule has 2 aliphatic rings. The van der Waals surface area contributed by atoms with Gasteiger partial charge in [0.1, 0.15) is 0 Å². The van der Waals surface area contributed by atoms with Crippen molar-refractivity contribution in [2.75, 3.05) is 44.2 Å². The van der Waals surface area contributed by atoms with Crippen molar-refractivity contribution in [1.82, 2.24) is 35.2 Å². The number of nitrogens with zero attached hydrogens (tertiary/aromatic N) is 7. The summed E-state index contributed by atoms with van der Waals surface area (Å²) >= 11 is 0. The minimum atomic E-state index is -0.173. The molecule has 166 valence electrons. The normalized spacial score (nSPS) is 19.0.